The number of rotatable bonds is 0. The van der Waals surface area contributed by atoms with Crippen molar-refractivity contribution in [2.45, 2.75) is 13.8 Å². The Balaban J connectivity index is 2.49. The molecule has 0 N–H and O–H groups in total. The van der Waals surface area contributed by atoms with E-state index in [4.69, 9.17) is 4.52 Å². The maximum absolute atomic E-state index is 4.84. The van der Waals surface area contributed by atoms with Gasteiger partial charge in [0.1, 0.15) is 12.0 Å². The van der Waals surface area contributed by atoms with Crippen LogP contribution in [0, 0.1) is 5.41 Å². The second-order valence-corrected chi connectivity index (χ2v) is 3.64. The van der Waals surface area contributed by atoms with Crippen molar-refractivity contribution >= 4 is 12.2 Å². The SMILES string of the molecule is CC1(C)C=Cc2conc2C=C1. The van der Waals surface area contributed by atoms with Crippen molar-refractivity contribution in [1.29, 1.82) is 0 Å². The van der Waals surface area contributed by atoms with Crippen molar-refractivity contribution in [3.63, 3.8) is 0 Å². The summed E-state index contributed by atoms with van der Waals surface area (Å²) in [4.78, 5) is 0. The molecular formula is C10H11NO. The van der Waals surface area contributed by atoms with Crippen molar-refractivity contribution in [3.05, 3.63) is 29.7 Å². The van der Waals surface area contributed by atoms with E-state index in [2.05, 4.69) is 31.2 Å². The molecule has 0 saturated heterocycles. The Hall–Kier alpha value is -1.31. The van der Waals surface area contributed by atoms with E-state index in [1.807, 2.05) is 12.2 Å². The zero-order valence-corrected chi connectivity index (χ0v) is 7.24. The van der Waals surface area contributed by atoms with Gasteiger partial charge < -0.3 is 4.52 Å². The van der Waals surface area contributed by atoms with E-state index in [-0.39, 0.29) is 5.41 Å². The largest absolute Gasteiger partial charge is 0.364 e. The number of nitrogens with zero attached hydrogens (tertiary/aromatic N) is 1. The lowest BCUT2D eigenvalue weighted by molar-refractivity contribution is 0.418. The molecule has 1 heterocycles. The van der Waals surface area contributed by atoms with E-state index < -0.39 is 0 Å². The third kappa shape index (κ3) is 1.20. The fourth-order valence-corrected chi connectivity index (χ4v) is 1.16. The molecule has 1 aromatic rings. The first-order chi connectivity index (χ1) is 5.67. The van der Waals surface area contributed by atoms with Gasteiger partial charge in [0.25, 0.3) is 0 Å². The van der Waals surface area contributed by atoms with Gasteiger partial charge in [-0.1, -0.05) is 37.2 Å². The standard InChI is InChI=1S/C10H11NO/c1-10(2)5-3-8-7-12-11-9(8)4-6-10/h3-7H,1-2H3. The maximum atomic E-state index is 4.84. The molecule has 62 valence electrons. The van der Waals surface area contributed by atoms with Gasteiger partial charge in [-0.2, -0.15) is 0 Å². The summed E-state index contributed by atoms with van der Waals surface area (Å²) in [6.45, 7) is 4.31. The second-order valence-electron chi connectivity index (χ2n) is 3.64. The minimum Gasteiger partial charge on any atom is -0.364 e. The van der Waals surface area contributed by atoms with Crippen LogP contribution >= 0.6 is 0 Å². The predicted molar refractivity (Wildman–Crippen MR) is 48.4 cm³/mol. The van der Waals surface area contributed by atoms with Crippen LogP contribution in [0.5, 0.6) is 0 Å². The number of aromatic nitrogens is 1. The lowest BCUT2D eigenvalue weighted by atomic mass is 9.93. The summed E-state index contributed by atoms with van der Waals surface area (Å²) in [5.41, 5.74) is 2.09. The maximum Gasteiger partial charge on any atom is 0.131 e. The summed E-state index contributed by atoms with van der Waals surface area (Å²) in [5, 5.41) is 3.87. The van der Waals surface area contributed by atoms with Crippen LogP contribution in [0.15, 0.2) is 22.9 Å². The van der Waals surface area contributed by atoms with Crippen LogP contribution in [-0.2, 0) is 0 Å². The van der Waals surface area contributed by atoms with Gasteiger partial charge in [-0.05, 0) is 6.08 Å². The molecule has 0 spiro atoms. The van der Waals surface area contributed by atoms with Crippen LogP contribution in [0.1, 0.15) is 25.1 Å². The third-order valence-electron chi connectivity index (χ3n) is 1.99. The Kier molecular flexibility index (Phi) is 1.43. The van der Waals surface area contributed by atoms with Crippen molar-refractivity contribution < 1.29 is 4.52 Å². The molecule has 1 aliphatic carbocycles. The average Bonchev–Trinajstić information content (AvgIpc) is 2.40. The van der Waals surface area contributed by atoms with E-state index >= 15 is 0 Å². The van der Waals surface area contributed by atoms with Crippen LogP contribution in [0.4, 0.5) is 0 Å². The molecule has 2 nitrogen and oxygen atoms in total. The number of fused-ring (bicyclic) bond motifs is 1. The molecule has 0 radical (unpaired) electrons. The topological polar surface area (TPSA) is 26.0 Å². The molecule has 0 aliphatic heterocycles. The molecule has 0 bridgehead atoms. The molecular weight excluding hydrogens is 150 g/mol. The lowest BCUT2D eigenvalue weighted by Gasteiger charge is -2.11. The Morgan fingerprint density at radius 3 is 2.83 bits per heavy atom. The summed E-state index contributed by atoms with van der Waals surface area (Å²) in [6.07, 6.45) is 9.98. The Bertz CT molecular complexity index is 314. The summed E-state index contributed by atoms with van der Waals surface area (Å²) in [6, 6.07) is 0. The minimum absolute atomic E-state index is 0.119. The van der Waals surface area contributed by atoms with Crippen molar-refractivity contribution in [1.82, 2.24) is 5.16 Å². The quantitative estimate of drug-likeness (QED) is 0.584. The first-order valence-electron chi connectivity index (χ1n) is 4.00. The van der Waals surface area contributed by atoms with Crippen LogP contribution < -0.4 is 0 Å². The van der Waals surface area contributed by atoms with E-state index in [0.29, 0.717) is 0 Å². The van der Waals surface area contributed by atoms with Gasteiger partial charge in [0.15, 0.2) is 0 Å². The highest BCUT2D eigenvalue weighted by molar-refractivity contribution is 5.64. The van der Waals surface area contributed by atoms with Crippen LogP contribution in [0.2, 0.25) is 0 Å². The highest BCUT2D eigenvalue weighted by Crippen LogP contribution is 2.26. The monoisotopic (exact) mass is 161 g/mol. The molecule has 0 unspecified atom stereocenters. The predicted octanol–water partition coefficient (Wildman–Crippen LogP) is 2.74. The third-order valence-corrected chi connectivity index (χ3v) is 1.99. The van der Waals surface area contributed by atoms with Gasteiger partial charge in [0.05, 0.1) is 0 Å². The van der Waals surface area contributed by atoms with E-state index in [0.717, 1.165) is 11.3 Å². The molecule has 0 amide bonds. The summed E-state index contributed by atoms with van der Waals surface area (Å²) in [7, 11) is 0. The fraction of sp³-hybridized carbons (Fsp3) is 0.300. The van der Waals surface area contributed by atoms with Gasteiger partial charge >= 0.3 is 0 Å². The molecule has 1 aliphatic rings. The van der Waals surface area contributed by atoms with Crippen LogP contribution in [-0.4, -0.2) is 5.16 Å². The molecule has 0 saturated carbocycles. The van der Waals surface area contributed by atoms with Gasteiger partial charge in [-0.25, -0.2) is 0 Å². The lowest BCUT2D eigenvalue weighted by Crippen LogP contribution is -2.00. The van der Waals surface area contributed by atoms with Gasteiger partial charge in [-0.3, -0.25) is 0 Å². The van der Waals surface area contributed by atoms with Crippen LogP contribution in [0.3, 0.4) is 0 Å². The summed E-state index contributed by atoms with van der Waals surface area (Å²) >= 11 is 0. The van der Waals surface area contributed by atoms with Gasteiger partial charge in [0, 0.05) is 11.0 Å². The van der Waals surface area contributed by atoms with E-state index in [1.54, 1.807) is 6.26 Å². The fourth-order valence-electron chi connectivity index (χ4n) is 1.16. The number of hydrogen-bond acceptors (Lipinski definition) is 2. The Morgan fingerprint density at radius 1 is 1.25 bits per heavy atom. The molecule has 1 aromatic heterocycles. The van der Waals surface area contributed by atoms with Crippen LogP contribution in [0.25, 0.3) is 12.2 Å². The van der Waals surface area contributed by atoms with Gasteiger partial charge in [-0.15, -0.1) is 0 Å². The van der Waals surface area contributed by atoms with E-state index in [9.17, 15) is 0 Å². The zero-order chi connectivity index (χ0) is 8.60. The molecule has 2 heteroatoms. The molecule has 0 fully saturated rings. The number of allylic oxidation sites excluding steroid dienone is 2. The normalized spacial score (nSPS) is 18.8. The smallest absolute Gasteiger partial charge is 0.131 e. The number of hydrogen-bond donors (Lipinski definition) is 0. The highest BCUT2D eigenvalue weighted by Gasteiger charge is 2.13. The summed E-state index contributed by atoms with van der Waals surface area (Å²) < 4.78 is 4.84. The zero-order valence-electron chi connectivity index (χ0n) is 7.24. The van der Waals surface area contributed by atoms with E-state index in [1.165, 1.54) is 0 Å². The summed E-state index contributed by atoms with van der Waals surface area (Å²) in [5.74, 6) is 0. The Morgan fingerprint density at radius 2 is 2.00 bits per heavy atom. The minimum atomic E-state index is 0.119. The molecule has 0 atom stereocenters. The average molecular weight is 161 g/mol. The first-order valence-corrected chi connectivity index (χ1v) is 4.00. The highest BCUT2D eigenvalue weighted by atomic mass is 16.5. The second kappa shape index (κ2) is 2.34. The van der Waals surface area contributed by atoms with Crippen molar-refractivity contribution in [2.24, 2.45) is 5.41 Å². The molecule has 12 heavy (non-hydrogen) atoms. The first kappa shape index (κ1) is 7.35. The molecule has 0 aromatic carbocycles. The van der Waals surface area contributed by atoms with Gasteiger partial charge in [0.2, 0.25) is 0 Å². The molecule has 2 rings (SSSR count). The van der Waals surface area contributed by atoms with Crippen molar-refractivity contribution in [2.75, 3.05) is 0 Å². The Labute approximate surface area is 71.6 Å². The van der Waals surface area contributed by atoms with Crippen molar-refractivity contribution in [3.8, 4) is 0 Å².